The lowest BCUT2D eigenvalue weighted by atomic mass is 10.1. The predicted octanol–water partition coefficient (Wildman–Crippen LogP) is 2.06. The first-order valence-electron chi connectivity index (χ1n) is 9.18. The van der Waals surface area contributed by atoms with Crippen LogP contribution in [0.15, 0.2) is 48.5 Å². The number of amides is 3. The molecule has 0 fully saturated rings. The second-order valence-corrected chi connectivity index (χ2v) is 6.58. The third kappa shape index (κ3) is 4.43. The molecule has 1 aliphatic rings. The molecule has 2 aromatic carbocycles. The first-order valence-corrected chi connectivity index (χ1v) is 9.18. The number of hydrogen-bond acceptors (Lipinski definition) is 4. The van der Waals surface area contributed by atoms with Gasteiger partial charge in [0, 0.05) is 19.6 Å². The van der Waals surface area contributed by atoms with Crippen LogP contribution in [0.3, 0.4) is 0 Å². The molecule has 0 aromatic heterocycles. The quantitative estimate of drug-likeness (QED) is 0.709. The highest BCUT2D eigenvalue weighted by atomic mass is 19.1. The molecule has 28 heavy (non-hydrogen) atoms. The van der Waals surface area contributed by atoms with E-state index < -0.39 is 0 Å². The molecule has 146 valence electrons. The van der Waals surface area contributed by atoms with Crippen LogP contribution in [0.1, 0.15) is 33.2 Å². The highest BCUT2D eigenvalue weighted by Crippen LogP contribution is 2.22. The zero-order chi connectivity index (χ0) is 20.1. The van der Waals surface area contributed by atoms with E-state index >= 15 is 0 Å². The molecule has 1 aliphatic heterocycles. The predicted molar refractivity (Wildman–Crippen MR) is 102 cm³/mol. The molecule has 0 bridgehead atoms. The van der Waals surface area contributed by atoms with Gasteiger partial charge < -0.3 is 5.32 Å². The van der Waals surface area contributed by atoms with E-state index in [1.807, 2.05) is 11.8 Å². The van der Waals surface area contributed by atoms with Gasteiger partial charge in [0.2, 0.25) is 5.91 Å². The Kier molecular flexibility index (Phi) is 6.16. The summed E-state index contributed by atoms with van der Waals surface area (Å²) >= 11 is 0. The third-order valence-electron chi connectivity index (χ3n) is 4.74. The van der Waals surface area contributed by atoms with E-state index in [2.05, 4.69) is 5.32 Å². The van der Waals surface area contributed by atoms with E-state index in [1.54, 1.807) is 36.4 Å². The van der Waals surface area contributed by atoms with Crippen molar-refractivity contribution in [2.24, 2.45) is 0 Å². The topological polar surface area (TPSA) is 69.7 Å². The molecule has 0 aliphatic carbocycles. The Balaban J connectivity index is 1.49. The minimum atomic E-state index is -0.319. The molecular formula is C21H22FN3O3. The zero-order valence-corrected chi connectivity index (χ0v) is 15.7. The van der Waals surface area contributed by atoms with Crippen LogP contribution in [-0.2, 0) is 11.3 Å². The molecule has 1 heterocycles. The number of nitrogens with zero attached hydrogens (tertiary/aromatic N) is 2. The molecule has 7 heteroatoms. The Labute approximate surface area is 162 Å². The van der Waals surface area contributed by atoms with E-state index in [1.165, 1.54) is 17.0 Å². The number of benzene rings is 2. The number of rotatable bonds is 8. The van der Waals surface area contributed by atoms with Crippen molar-refractivity contribution >= 4 is 17.7 Å². The van der Waals surface area contributed by atoms with Crippen LogP contribution in [0, 0.1) is 5.82 Å². The molecule has 6 nitrogen and oxygen atoms in total. The van der Waals surface area contributed by atoms with Gasteiger partial charge in [-0.05, 0) is 36.4 Å². The number of carbonyl (C=O) groups excluding carboxylic acids is 3. The van der Waals surface area contributed by atoms with Crippen molar-refractivity contribution in [3.05, 3.63) is 71.0 Å². The molecule has 0 atom stereocenters. The molecular weight excluding hydrogens is 361 g/mol. The number of nitrogens with one attached hydrogen (secondary N) is 1. The fourth-order valence-corrected chi connectivity index (χ4v) is 3.09. The van der Waals surface area contributed by atoms with Gasteiger partial charge in [0.15, 0.2) is 0 Å². The van der Waals surface area contributed by atoms with Crippen LogP contribution in [0.2, 0.25) is 0 Å². The number of imide groups is 1. The van der Waals surface area contributed by atoms with Crippen LogP contribution in [0.25, 0.3) is 0 Å². The summed E-state index contributed by atoms with van der Waals surface area (Å²) in [5, 5.41) is 2.79. The minimum absolute atomic E-state index is 0.154. The molecule has 0 unspecified atom stereocenters. The van der Waals surface area contributed by atoms with Crippen molar-refractivity contribution in [1.29, 1.82) is 0 Å². The summed E-state index contributed by atoms with van der Waals surface area (Å²) in [7, 11) is 0. The van der Waals surface area contributed by atoms with Gasteiger partial charge in [-0.25, -0.2) is 4.39 Å². The van der Waals surface area contributed by atoms with Crippen LogP contribution < -0.4 is 5.32 Å². The van der Waals surface area contributed by atoms with Gasteiger partial charge >= 0.3 is 0 Å². The van der Waals surface area contributed by atoms with Crippen molar-refractivity contribution in [1.82, 2.24) is 15.1 Å². The second-order valence-electron chi connectivity index (χ2n) is 6.58. The van der Waals surface area contributed by atoms with E-state index in [0.717, 1.165) is 5.56 Å². The van der Waals surface area contributed by atoms with Crippen LogP contribution in [-0.4, -0.2) is 53.7 Å². The van der Waals surface area contributed by atoms with Gasteiger partial charge in [-0.3, -0.25) is 24.2 Å². The highest BCUT2D eigenvalue weighted by molar-refractivity contribution is 6.21. The van der Waals surface area contributed by atoms with Crippen LogP contribution >= 0.6 is 0 Å². The fourth-order valence-electron chi connectivity index (χ4n) is 3.09. The molecule has 0 radical (unpaired) electrons. The highest BCUT2D eigenvalue weighted by Gasteiger charge is 2.34. The van der Waals surface area contributed by atoms with Crippen molar-refractivity contribution in [2.45, 2.75) is 13.5 Å². The van der Waals surface area contributed by atoms with Crippen molar-refractivity contribution in [3.8, 4) is 0 Å². The van der Waals surface area contributed by atoms with Crippen LogP contribution in [0.5, 0.6) is 0 Å². The number of likely N-dealkylation sites (N-methyl/N-ethyl adjacent to an activating group) is 1. The van der Waals surface area contributed by atoms with E-state index in [9.17, 15) is 18.8 Å². The summed E-state index contributed by atoms with van der Waals surface area (Å²) in [6, 6.07) is 12.7. The Morgan fingerprint density at radius 1 is 1.04 bits per heavy atom. The van der Waals surface area contributed by atoms with Crippen molar-refractivity contribution < 1.29 is 18.8 Å². The lowest BCUT2D eigenvalue weighted by Crippen LogP contribution is -2.42. The largest absolute Gasteiger partial charge is 0.351 e. The number of hydrogen-bond donors (Lipinski definition) is 1. The lowest BCUT2D eigenvalue weighted by Gasteiger charge is -2.22. The summed E-state index contributed by atoms with van der Waals surface area (Å²) in [6.45, 7) is 3.62. The van der Waals surface area contributed by atoms with E-state index in [0.29, 0.717) is 30.8 Å². The smallest absolute Gasteiger partial charge is 0.261 e. The van der Waals surface area contributed by atoms with Crippen molar-refractivity contribution in [2.75, 3.05) is 26.2 Å². The maximum atomic E-state index is 12.9. The number of fused-ring (bicyclic) bond motifs is 1. The molecule has 0 spiro atoms. The molecule has 0 saturated heterocycles. The first kappa shape index (κ1) is 19.7. The molecule has 2 aromatic rings. The van der Waals surface area contributed by atoms with Gasteiger partial charge in [-0.1, -0.05) is 31.2 Å². The average molecular weight is 383 g/mol. The monoisotopic (exact) mass is 383 g/mol. The maximum absolute atomic E-state index is 12.9. The van der Waals surface area contributed by atoms with Gasteiger partial charge in [-0.2, -0.15) is 0 Å². The van der Waals surface area contributed by atoms with Gasteiger partial charge in [0.05, 0.1) is 17.7 Å². The summed E-state index contributed by atoms with van der Waals surface area (Å²) in [4.78, 5) is 40.1. The van der Waals surface area contributed by atoms with E-state index in [4.69, 9.17) is 0 Å². The lowest BCUT2D eigenvalue weighted by molar-refractivity contribution is -0.122. The van der Waals surface area contributed by atoms with E-state index in [-0.39, 0.29) is 36.6 Å². The summed E-state index contributed by atoms with van der Waals surface area (Å²) < 4.78 is 12.9. The van der Waals surface area contributed by atoms with Gasteiger partial charge in [0.25, 0.3) is 11.8 Å². The molecule has 3 rings (SSSR count). The molecule has 0 saturated carbocycles. The normalized spacial score (nSPS) is 13.2. The fraction of sp³-hybridized carbons (Fsp3) is 0.286. The number of halogens is 1. The Hall–Kier alpha value is -3.06. The first-order chi connectivity index (χ1) is 13.5. The summed E-state index contributed by atoms with van der Waals surface area (Å²) in [5.74, 6) is -1.08. The Bertz CT molecular complexity index is 848. The number of carbonyl (C=O) groups is 3. The Morgan fingerprint density at radius 3 is 2.21 bits per heavy atom. The molecule has 1 N–H and O–H groups in total. The van der Waals surface area contributed by atoms with Crippen LogP contribution in [0.4, 0.5) is 4.39 Å². The zero-order valence-electron chi connectivity index (χ0n) is 15.7. The second kappa shape index (κ2) is 8.75. The summed E-state index contributed by atoms with van der Waals surface area (Å²) in [6.07, 6.45) is 0. The minimum Gasteiger partial charge on any atom is -0.351 e. The van der Waals surface area contributed by atoms with Crippen molar-refractivity contribution in [3.63, 3.8) is 0 Å². The average Bonchev–Trinajstić information content (AvgIpc) is 2.95. The SMILES string of the molecule is CCN(CCN1C(=O)c2ccccc2C1=O)CC(=O)NCc1ccc(F)cc1. The third-order valence-corrected chi connectivity index (χ3v) is 4.74. The standard InChI is InChI=1S/C21H22FN3O3/c1-2-24(14-19(26)23-13-15-7-9-16(22)10-8-15)11-12-25-20(27)17-5-3-4-6-18(17)21(25)28/h3-10H,2,11-14H2,1H3,(H,23,26). The summed E-state index contributed by atoms with van der Waals surface area (Å²) in [5.41, 5.74) is 1.66. The van der Waals surface area contributed by atoms with Gasteiger partial charge in [0.1, 0.15) is 5.82 Å². The Morgan fingerprint density at radius 2 is 1.64 bits per heavy atom. The van der Waals surface area contributed by atoms with Gasteiger partial charge in [-0.15, -0.1) is 0 Å². The molecule has 3 amide bonds. The maximum Gasteiger partial charge on any atom is 0.261 e.